The molecule has 1 fully saturated rings. The molecule has 1 saturated heterocycles. The SMILES string of the molecule is Cc1nc(NC2CCS(=O)(=O)CC2)cc(=O)[nH]1. The Balaban J connectivity index is 2.05. The predicted octanol–water partition coefficient (Wildman–Crippen LogP) is 0.0674. The van der Waals surface area contributed by atoms with Crippen molar-refractivity contribution in [2.45, 2.75) is 25.8 Å². The highest BCUT2D eigenvalue weighted by molar-refractivity contribution is 7.91. The zero-order chi connectivity index (χ0) is 12.5. The highest BCUT2D eigenvalue weighted by Crippen LogP contribution is 2.15. The van der Waals surface area contributed by atoms with Crippen molar-refractivity contribution in [3.8, 4) is 0 Å². The van der Waals surface area contributed by atoms with Gasteiger partial charge in [0.15, 0.2) is 0 Å². The third-order valence-corrected chi connectivity index (χ3v) is 4.48. The van der Waals surface area contributed by atoms with E-state index < -0.39 is 9.84 Å². The van der Waals surface area contributed by atoms with Crippen LogP contribution in [-0.2, 0) is 9.84 Å². The monoisotopic (exact) mass is 257 g/mol. The van der Waals surface area contributed by atoms with Gasteiger partial charge < -0.3 is 10.3 Å². The van der Waals surface area contributed by atoms with Gasteiger partial charge in [-0.25, -0.2) is 13.4 Å². The number of nitrogens with zero attached hydrogens (tertiary/aromatic N) is 1. The van der Waals surface area contributed by atoms with E-state index in [1.165, 1.54) is 6.07 Å². The molecule has 0 unspecified atom stereocenters. The number of aromatic nitrogens is 2. The Morgan fingerprint density at radius 1 is 1.41 bits per heavy atom. The van der Waals surface area contributed by atoms with E-state index in [4.69, 9.17) is 0 Å². The van der Waals surface area contributed by atoms with E-state index in [-0.39, 0.29) is 23.1 Å². The van der Waals surface area contributed by atoms with Gasteiger partial charge in [0.05, 0.1) is 11.5 Å². The number of sulfone groups is 1. The molecule has 6 nitrogen and oxygen atoms in total. The topological polar surface area (TPSA) is 91.9 Å². The second-order valence-corrected chi connectivity index (χ2v) is 6.59. The molecule has 7 heteroatoms. The summed E-state index contributed by atoms with van der Waals surface area (Å²) in [6, 6.07) is 1.46. The lowest BCUT2D eigenvalue weighted by molar-refractivity contribution is 0.559. The Labute approximate surface area is 99.4 Å². The first-order valence-corrected chi connectivity index (χ1v) is 7.32. The van der Waals surface area contributed by atoms with Crippen LogP contribution in [0.3, 0.4) is 0 Å². The van der Waals surface area contributed by atoms with Crippen LogP contribution in [-0.4, -0.2) is 35.9 Å². The second kappa shape index (κ2) is 4.48. The average molecular weight is 257 g/mol. The summed E-state index contributed by atoms with van der Waals surface area (Å²) in [5, 5.41) is 3.10. The Morgan fingerprint density at radius 2 is 2.06 bits per heavy atom. The highest BCUT2D eigenvalue weighted by atomic mass is 32.2. The maximum Gasteiger partial charge on any atom is 0.252 e. The van der Waals surface area contributed by atoms with Crippen molar-refractivity contribution in [1.82, 2.24) is 9.97 Å². The Morgan fingerprint density at radius 3 is 2.65 bits per heavy atom. The normalized spacial score (nSPS) is 20.1. The molecule has 0 amide bonds. The van der Waals surface area contributed by atoms with Gasteiger partial charge in [0.2, 0.25) is 0 Å². The summed E-state index contributed by atoms with van der Waals surface area (Å²) in [7, 11) is -2.85. The van der Waals surface area contributed by atoms with Gasteiger partial charge in [0.25, 0.3) is 5.56 Å². The fraction of sp³-hybridized carbons (Fsp3) is 0.600. The van der Waals surface area contributed by atoms with Gasteiger partial charge in [-0.2, -0.15) is 0 Å². The first-order valence-electron chi connectivity index (χ1n) is 5.49. The molecule has 2 N–H and O–H groups in total. The quantitative estimate of drug-likeness (QED) is 0.782. The number of anilines is 1. The standard InChI is InChI=1S/C10H15N3O3S/c1-7-11-9(6-10(14)12-7)13-8-2-4-17(15,16)5-3-8/h6,8H,2-5H2,1H3,(H2,11,12,13,14). The second-order valence-electron chi connectivity index (χ2n) is 4.29. The molecular weight excluding hydrogens is 242 g/mol. The predicted molar refractivity (Wildman–Crippen MR) is 64.9 cm³/mol. The largest absolute Gasteiger partial charge is 0.367 e. The molecule has 2 rings (SSSR count). The summed E-state index contributed by atoms with van der Waals surface area (Å²) in [6.45, 7) is 1.71. The fourth-order valence-corrected chi connectivity index (χ4v) is 3.39. The van der Waals surface area contributed by atoms with Crippen LogP contribution in [0.4, 0.5) is 5.82 Å². The van der Waals surface area contributed by atoms with Crippen LogP contribution in [0.5, 0.6) is 0 Å². The minimum absolute atomic E-state index is 0.0761. The minimum Gasteiger partial charge on any atom is -0.367 e. The van der Waals surface area contributed by atoms with Crippen molar-refractivity contribution < 1.29 is 8.42 Å². The third kappa shape index (κ3) is 3.29. The summed E-state index contributed by atoms with van der Waals surface area (Å²) in [5.74, 6) is 1.46. The van der Waals surface area contributed by atoms with Gasteiger partial charge >= 0.3 is 0 Å². The Bertz CT molecular complexity index is 550. The van der Waals surface area contributed by atoms with Gasteiger partial charge in [0.1, 0.15) is 21.5 Å². The molecule has 0 aliphatic carbocycles. The van der Waals surface area contributed by atoms with Gasteiger partial charge in [-0.3, -0.25) is 4.79 Å². The van der Waals surface area contributed by atoms with Gasteiger partial charge in [0, 0.05) is 12.1 Å². The maximum atomic E-state index is 11.3. The molecule has 0 aromatic carbocycles. The van der Waals surface area contributed by atoms with Crippen molar-refractivity contribution in [2.75, 3.05) is 16.8 Å². The van der Waals surface area contributed by atoms with Crippen LogP contribution in [0.2, 0.25) is 0 Å². The first-order chi connectivity index (χ1) is 7.94. The van der Waals surface area contributed by atoms with Crippen molar-refractivity contribution in [3.05, 3.63) is 22.2 Å². The molecule has 0 bridgehead atoms. The summed E-state index contributed by atoms with van der Waals surface area (Å²) in [5.41, 5.74) is -0.205. The average Bonchev–Trinajstić information content (AvgIpc) is 2.20. The number of rotatable bonds is 2. The number of aryl methyl sites for hydroxylation is 1. The summed E-state index contributed by atoms with van der Waals surface area (Å²) < 4.78 is 22.5. The van der Waals surface area contributed by atoms with E-state index >= 15 is 0 Å². The van der Waals surface area contributed by atoms with Gasteiger partial charge in [-0.1, -0.05) is 0 Å². The maximum absolute atomic E-state index is 11.3. The smallest absolute Gasteiger partial charge is 0.252 e. The van der Waals surface area contributed by atoms with Gasteiger partial charge in [-0.05, 0) is 19.8 Å². The molecule has 0 spiro atoms. The molecule has 0 radical (unpaired) electrons. The first kappa shape index (κ1) is 12.1. The number of hydrogen-bond donors (Lipinski definition) is 2. The zero-order valence-electron chi connectivity index (χ0n) is 9.56. The van der Waals surface area contributed by atoms with E-state index in [1.54, 1.807) is 6.92 Å². The summed E-state index contributed by atoms with van der Waals surface area (Å²) in [6.07, 6.45) is 1.13. The number of nitrogens with one attached hydrogen (secondary N) is 2. The van der Waals surface area contributed by atoms with Crippen molar-refractivity contribution in [1.29, 1.82) is 0 Å². The van der Waals surface area contributed by atoms with Crippen LogP contribution in [0, 0.1) is 6.92 Å². The third-order valence-electron chi connectivity index (χ3n) is 2.77. The number of hydrogen-bond acceptors (Lipinski definition) is 5. The van der Waals surface area contributed by atoms with Crippen molar-refractivity contribution in [3.63, 3.8) is 0 Å². The van der Waals surface area contributed by atoms with Crippen LogP contribution >= 0.6 is 0 Å². The Kier molecular flexibility index (Phi) is 3.19. The lowest BCUT2D eigenvalue weighted by Gasteiger charge is -2.23. The van der Waals surface area contributed by atoms with Crippen molar-refractivity contribution >= 4 is 15.7 Å². The molecule has 2 heterocycles. The molecule has 1 aliphatic heterocycles. The van der Waals surface area contributed by atoms with E-state index in [9.17, 15) is 13.2 Å². The fourth-order valence-electron chi connectivity index (χ4n) is 1.90. The van der Waals surface area contributed by atoms with Crippen LogP contribution in [0.15, 0.2) is 10.9 Å². The highest BCUT2D eigenvalue weighted by Gasteiger charge is 2.23. The molecule has 0 saturated carbocycles. The molecule has 0 atom stereocenters. The molecular formula is C10H15N3O3S. The van der Waals surface area contributed by atoms with Crippen LogP contribution in [0.1, 0.15) is 18.7 Å². The van der Waals surface area contributed by atoms with E-state index in [0.29, 0.717) is 24.5 Å². The summed E-state index contributed by atoms with van der Waals surface area (Å²) >= 11 is 0. The zero-order valence-corrected chi connectivity index (χ0v) is 10.4. The van der Waals surface area contributed by atoms with E-state index in [1.807, 2.05) is 0 Å². The van der Waals surface area contributed by atoms with Crippen LogP contribution < -0.4 is 10.9 Å². The van der Waals surface area contributed by atoms with E-state index in [2.05, 4.69) is 15.3 Å². The van der Waals surface area contributed by atoms with Crippen LogP contribution in [0.25, 0.3) is 0 Å². The van der Waals surface area contributed by atoms with Gasteiger partial charge in [-0.15, -0.1) is 0 Å². The number of aromatic amines is 1. The van der Waals surface area contributed by atoms with E-state index in [0.717, 1.165) is 0 Å². The number of H-pyrrole nitrogens is 1. The molecule has 1 aromatic rings. The lowest BCUT2D eigenvalue weighted by Crippen LogP contribution is -2.32. The molecule has 94 valence electrons. The minimum atomic E-state index is -2.85. The lowest BCUT2D eigenvalue weighted by atomic mass is 10.1. The Hall–Kier alpha value is -1.37. The molecule has 1 aliphatic rings. The van der Waals surface area contributed by atoms with Crippen molar-refractivity contribution in [2.24, 2.45) is 0 Å². The molecule has 17 heavy (non-hydrogen) atoms. The molecule has 1 aromatic heterocycles. The summed E-state index contributed by atoms with van der Waals surface area (Å²) in [4.78, 5) is 17.9.